The predicted molar refractivity (Wildman–Crippen MR) is 62.1 cm³/mol. The van der Waals surface area contributed by atoms with Crippen LogP contribution in [0.2, 0.25) is 0 Å². The van der Waals surface area contributed by atoms with Crippen LogP contribution in [0.1, 0.15) is 19.8 Å². The van der Waals surface area contributed by atoms with Crippen molar-refractivity contribution < 1.29 is 14.7 Å². The third-order valence-electron chi connectivity index (χ3n) is 3.92. The van der Waals surface area contributed by atoms with Crippen molar-refractivity contribution in [2.45, 2.75) is 25.9 Å². The third-order valence-corrected chi connectivity index (χ3v) is 3.92. The van der Waals surface area contributed by atoms with Gasteiger partial charge in [-0.05, 0) is 12.3 Å². The van der Waals surface area contributed by atoms with Crippen LogP contribution in [-0.4, -0.2) is 59.5 Å². The summed E-state index contributed by atoms with van der Waals surface area (Å²) in [6.07, 6.45) is 0.725. The molecule has 0 aromatic heterocycles. The van der Waals surface area contributed by atoms with Crippen molar-refractivity contribution in [3.05, 3.63) is 0 Å². The van der Waals surface area contributed by atoms with E-state index in [-0.39, 0.29) is 23.7 Å². The molecule has 2 saturated heterocycles. The first kappa shape index (κ1) is 12.4. The number of rotatable bonds is 1. The minimum Gasteiger partial charge on any atom is -0.391 e. The van der Waals surface area contributed by atoms with Gasteiger partial charge in [0.05, 0.1) is 12.0 Å². The Morgan fingerprint density at radius 3 is 2.65 bits per heavy atom. The standard InChI is InChI=1S/C12H20N2O3/c1-8-3-4-14(7-10(8)15)12(17)9-5-11(16)13(2)6-9/h8-10,15H,3-7H2,1-2H3. The van der Waals surface area contributed by atoms with Gasteiger partial charge in [-0.3, -0.25) is 9.59 Å². The maximum Gasteiger partial charge on any atom is 0.228 e. The molecule has 2 heterocycles. The largest absolute Gasteiger partial charge is 0.391 e. The van der Waals surface area contributed by atoms with Crippen molar-refractivity contribution in [2.24, 2.45) is 11.8 Å². The fraction of sp³-hybridized carbons (Fsp3) is 0.833. The Labute approximate surface area is 101 Å². The molecule has 5 heteroatoms. The quantitative estimate of drug-likeness (QED) is 0.684. The van der Waals surface area contributed by atoms with Crippen LogP contribution in [0.3, 0.4) is 0 Å². The second-order valence-electron chi connectivity index (χ2n) is 5.29. The molecule has 96 valence electrons. The third kappa shape index (κ3) is 2.44. The highest BCUT2D eigenvalue weighted by Crippen LogP contribution is 2.23. The van der Waals surface area contributed by atoms with Crippen LogP contribution < -0.4 is 0 Å². The first-order chi connectivity index (χ1) is 7.99. The molecule has 0 bridgehead atoms. The summed E-state index contributed by atoms with van der Waals surface area (Å²) in [5.41, 5.74) is 0. The van der Waals surface area contributed by atoms with Gasteiger partial charge >= 0.3 is 0 Å². The maximum atomic E-state index is 12.2. The van der Waals surface area contributed by atoms with E-state index in [4.69, 9.17) is 0 Å². The molecule has 2 aliphatic heterocycles. The number of carbonyl (C=O) groups excluding carboxylic acids is 2. The Hall–Kier alpha value is -1.10. The molecule has 0 aromatic rings. The van der Waals surface area contributed by atoms with Gasteiger partial charge in [-0.15, -0.1) is 0 Å². The predicted octanol–water partition coefficient (Wildman–Crippen LogP) is -0.306. The molecule has 3 atom stereocenters. The highest BCUT2D eigenvalue weighted by atomic mass is 16.3. The first-order valence-electron chi connectivity index (χ1n) is 6.20. The highest BCUT2D eigenvalue weighted by Gasteiger charge is 2.37. The molecule has 2 amide bonds. The van der Waals surface area contributed by atoms with E-state index >= 15 is 0 Å². The van der Waals surface area contributed by atoms with Crippen molar-refractivity contribution in [1.29, 1.82) is 0 Å². The zero-order chi connectivity index (χ0) is 12.6. The smallest absolute Gasteiger partial charge is 0.228 e. The number of hydrogen-bond donors (Lipinski definition) is 1. The Morgan fingerprint density at radius 1 is 1.41 bits per heavy atom. The van der Waals surface area contributed by atoms with Crippen LogP contribution >= 0.6 is 0 Å². The Balaban J connectivity index is 1.95. The van der Waals surface area contributed by atoms with E-state index in [2.05, 4.69) is 0 Å². The average molecular weight is 240 g/mol. The van der Waals surface area contributed by atoms with Gasteiger partial charge in [0.2, 0.25) is 11.8 Å². The van der Waals surface area contributed by atoms with E-state index < -0.39 is 6.10 Å². The number of amides is 2. The fourth-order valence-corrected chi connectivity index (χ4v) is 2.54. The molecule has 0 saturated carbocycles. The monoisotopic (exact) mass is 240 g/mol. The zero-order valence-corrected chi connectivity index (χ0v) is 10.4. The molecule has 5 nitrogen and oxygen atoms in total. The normalized spacial score (nSPS) is 34.3. The molecule has 2 rings (SSSR count). The van der Waals surface area contributed by atoms with Gasteiger partial charge in [-0.25, -0.2) is 0 Å². The number of likely N-dealkylation sites (tertiary alicyclic amines) is 2. The molecule has 1 N–H and O–H groups in total. The van der Waals surface area contributed by atoms with Gasteiger partial charge in [0, 0.05) is 33.1 Å². The van der Waals surface area contributed by atoms with Gasteiger partial charge in [0.25, 0.3) is 0 Å². The minimum absolute atomic E-state index is 0.0219. The molecule has 3 unspecified atom stereocenters. The lowest BCUT2D eigenvalue weighted by atomic mass is 9.94. The van der Waals surface area contributed by atoms with Gasteiger partial charge in [0.15, 0.2) is 0 Å². The molecular formula is C12H20N2O3. The van der Waals surface area contributed by atoms with E-state index in [1.807, 2.05) is 6.92 Å². The summed E-state index contributed by atoms with van der Waals surface area (Å²) in [6.45, 7) is 3.62. The van der Waals surface area contributed by atoms with Crippen LogP contribution in [-0.2, 0) is 9.59 Å². The topological polar surface area (TPSA) is 60.9 Å². The number of carbonyl (C=O) groups is 2. The summed E-state index contributed by atoms with van der Waals surface area (Å²) in [5, 5.41) is 9.77. The molecule has 0 aromatic carbocycles. The van der Waals surface area contributed by atoms with Crippen molar-refractivity contribution in [2.75, 3.05) is 26.7 Å². The first-order valence-corrected chi connectivity index (χ1v) is 6.20. The Kier molecular flexibility index (Phi) is 3.38. The molecular weight excluding hydrogens is 220 g/mol. The van der Waals surface area contributed by atoms with E-state index in [0.717, 1.165) is 6.42 Å². The Morgan fingerprint density at radius 2 is 2.12 bits per heavy atom. The van der Waals surface area contributed by atoms with Crippen LogP contribution in [0.25, 0.3) is 0 Å². The van der Waals surface area contributed by atoms with Crippen molar-refractivity contribution in [3.8, 4) is 0 Å². The molecule has 17 heavy (non-hydrogen) atoms. The van der Waals surface area contributed by atoms with Crippen LogP contribution in [0, 0.1) is 11.8 Å². The second kappa shape index (κ2) is 4.64. The van der Waals surface area contributed by atoms with E-state index in [0.29, 0.717) is 26.1 Å². The fourth-order valence-electron chi connectivity index (χ4n) is 2.54. The summed E-state index contributed by atoms with van der Waals surface area (Å²) < 4.78 is 0. The summed E-state index contributed by atoms with van der Waals surface area (Å²) >= 11 is 0. The van der Waals surface area contributed by atoms with E-state index in [9.17, 15) is 14.7 Å². The molecule has 0 spiro atoms. The van der Waals surface area contributed by atoms with Crippen molar-refractivity contribution >= 4 is 11.8 Å². The van der Waals surface area contributed by atoms with Crippen molar-refractivity contribution in [1.82, 2.24) is 9.80 Å². The minimum atomic E-state index is -0.428. The number of aliphatic hydroxyl groups excluding tert-OH is 1. The van der Waals surface area contributed by atoms with Gasteiger partial charge in [-0.1, -0.05) is 6.92 Å². The number of β-amino-alcohol motifs (C(OH)–C–C–N with tert-alkyl or cyclic N) is 1. The zero-order valence-electron chi connectivity index (χ0n) is 10.4. The van der Waals surface area contributed by atoms with Crippen LogP contribution in [0.5, 0.6) is 0 Å². The second-order valence-corrected chi connectivity index (χ2v) is 5.29. The van der Waals surface area contributed by atoms with Crippen LogP contribution in [0.15, 0.2) is 0 Å². The van der Waals surface area contributed by atoms with E-state index in [1.165, 1.54) is 0 Å². The molecule has 0 aliphatic carbocycles. The molecule has 2 fully saturated rings. The highest BCUT2D eigenvalue weighted by molar-refractivity contribution is 5.89. The van der Waals surface area contributed by atoms with Gasteiger partial charge in [0.1, 0.15) is 0 Å². The van der Waals surface area contributed by atoms with Gasteiger partial charge in [-0.2, -0.15) is 0 Å². The average Bonchev–Trinajstić information content (AvgIpc) is 2.62. The molecule has 0 radical (unpaired) electrons. The van der Waals surface area contributed by atoms with Crippen molar-refractivity contribution in [3.63, 3.8) is 0 Å². The lowest BCUT2D eigenvalue weighted by Crippen LogP contribution is -2.48. The van der Waals surface area contributed by atoms with Gasteiger partial charge < -0.3 is 14.9 Å². The lowest BCUT2D eigenvalue weighted by Gasteiger charge is -2.35. The SMILES string of the molecule is CC1CCN(C(=O)C2CC(=O)N(C)C2)CC1O. The summed E-state index contributed by atoms with van der Waals surface area (Å²) in [6, 6.07) is 0. The summed E-state index contributed by atoms with van der Waals surface area (Å²) in [4.78, 5) is 26.9. The van der Waals surface area contributed by atoms with Crippen LogP contribution in [0.4, 0.5) is 0 Å². The number of nitrogens with zero attached hydrogens (tertiary/aromatic N) is 2. The Bertz CT molecular complexity index is 332. The van der Waals surface area contributed by atoms with E-state index in [1.54, 1.807) is 16.8 Å². The number of aliphatic hydroxyl groups is 1. The maximum absolute atomic E-state index is 12.2. The lowest BCUT2D eigenvalue weighted by molar-refractivity contribution is -0.139. The summed E-state index contributed by atoms with van der Waals surface area (Å²) in [7, 11) is 1.72. The summed E-state index contributed by atoms with van der Waals surface area (Å²) in [5.74, 6) is 0.1000. The number of hydrogen-bond acceptors (Lipinski definition) is 3. The molecule has 2 aliphatic rings. The number of piperidine rings is 1.